The van der Waals surface area contributed by atoms with Crippen LogP contribution in [0.5, 0.6) is 0 Å². The summed E-state index contributed by atoms with van der Waals surface area (Å²) in [5.41, 5.74) is 1.18. The van der Waals surface area contributed by atoms with Crippen molar-refractivity contribution in [3.8, 4) is 0 Å². The van der Waals surface area contributed by atoms with E-state index in [-0.39, 0.29) is 18.4 Å². The average molecular weight is 470 g/mol. The van der Waals surface area contributed by atoms with Gasteiger partial charge in [-0.15, -0.1) is 0 Å². The number of hydrogen-bond donors (Lipinski definition) is 0. The summed E-state index contributed by atoms with van der Waals surface area (Å²) < 4.78 is 11.0. The summed E-state index contributed by atoms with van der Waals surface area (Å²) in [6.45, 7) is 7.71. The number of carbonyl (C=O) groups excluding carboxylic acids is 2. The molecule has 0 N–H and O–H groups in total. The van der Waals surface area contributed by atoms with E-state index >= 15 is 0 Å². The Labute approximate surface area is 203 Å². The molecule has 0 bridgehead atoms. The first-order chi connectivity index (χ1) is 16.7. The lowest BCUT2D eigenvalue weighted by atomic mass is 10.1. The number of rotatable bonds is 14. The van der Waals surface area contributed by atoms with Crippen molar-refractivity contribution >= 4 is 11.8 Å². The minimum atomic E-state index is -0.0434. The Morgan fingerprint density at radius 1 is 0.941 bits per heavy atom. The summed E-state index contributed by atoms with van der Waals surface area (Å²) >= 11 is 0. The number of ether oxygens (including phenoxy) is 1. The zero-order valence-electron chi connectivity index (χ0n) is 20.5. The van der Waals surface area contributed by atoms with Gasteiger partial charge in [0.2, 0.25) is 11.8 Å². The van der Waals surface area contributed by atoms with E-state index < -0.39 is 0 Å². The average Bonchev–Trinajstić information content (AvgIpc) is 3.38. The van der Waals surface area contributed by atoms with Crippen LogP contribution in [0.2, 0.25) is 0 Å². The van der Waals surface area contributed by atoms with Gasteiger partial charge in [-0.3, -0.25) is 14.5 Å². The molecule has 186 valence electrons. The van der Waals surface area contributed by atoms with Crippen molar-refractivity contribution < 1.29 is 18.7 Å². The SMILES string of the molecule is CCCCCC(=O)N(CCN1CCOCC1)CC(=O)N(CCc1ccccc1)Cc1ccco1. The summed E-state index contributed by atoms with van der Waals surface area (Å²) in [6.07, 6.45) is 5.83. The molecule has 1 aromatic heterocycles. The molecule has 0 radical (unpaired) electrons. The molecule has 1 aromatic carbocycles. The molecule has 1 aliphatic heterocycles. The number of morpholine rings is 1. The standard InChI is InChI=1S/C27H39N3O4/c1-2-3-5-12-26(31)30(16-15-28-17-20-33-21-18-28)23-27(32)29(22-25-11-8-19-34-25)14-13-24-9-6-4-7-10-24/h4,6-11,19H,2-3,5,12-18,20-23H2,1H3. The molecule has 2 amide bonds. The molecule has 0 atom stereocenters. The Morgan fingerprint density at radius 3 is 2.44 bits per heavy atom. The minimum absolute atomic E-state index is 0.0434. The molecule has 1 saturated heterocycles. The topological polar surface area (TPSA) is 66.2 Å². The van der Waals surface area contributed by atoms with E-state index in [9.17, 15) is 9.59 Å². The third-order valence-corrected chi connectivity index (χ3v) is 6.26. The van der Waals surface area contributed by atoms with Gasteiger partial charge in [0.15, 0.2) is 0 Å². The predicted molar refractivity (Wildman–Crippen MR) is 132 cm³/mol. The maximum atomic E-state index is 13.4. The van der Waals surface area contributed by atoms with Crippen LogP contribution < -0.4 is 0 Å². The Kier molecular flexibility index (Phi) is 11.1. The first kappa shape index (κ1) is 26.0. The molecule has 1 fully saturated rings. The predicted octanol–water partition coefficient (Wildman–Crippen LogP) is 3.59. The molecular weight excluding hydrogens is 430 g/mol. The summed E-state index contributed by atoms with van der Waals surface area (Å²) in [4.78, 5) is 32.4. The lowest BCUT2D eigenvalue weighted by Crippen LogP contribution is -2.47. The fraction of sp³-hybridized carbons (Fsp3) is 0.556. The summed E-state index contributed by atoms with van der Waals surface area (Å²) in [7, 11) is 0. The van der Waals surface area contributed by atoms with Crippen LogP contribution >= 0.6 is 0 Å². The molecular formula is C27H39N3O4. The van der Waals surface area contributed by atoms with Crippen molar-refractivity contribution in [1.29, 1.82) is 0 Å². The second-order valence-corrected chi connectivity index (χ2v) is 8.86. The Bertz CT molecular complexity index is 835. The van der Waals surface area contributed by atoms with Crippen molar-refractivity contribution in [2.45, 2.75) is 45.6 Å². The third-order valence-electron chi connectivity index (χ3n) is 6.26. The van der Waals surface area contributed by atoms with Crippen molar-refractivity contribution in [1.82, 2.24) is 14.7 Å². The van der Waals surface area contributed by atoms with Gasteiger partial charge in [0.1, 0.15) is 5.76 Å². The maximum Gasteiger partial charge on any atom is 0.242 e. The molecule has 0 saturated carbocycles. The molecule has 0 unspecified atom stereocenters. The van der Waals surface area contributed by atoms with Gasteiger partial charge in [-0.2, -0.15) is 0 Å². The number of unbranched alkanes of at least 4 members (excludes halogenated alkanes) is 2. The monoisotopic (exact) mass is 469 g/mol. The van der Waals surface area contributed by atoms with Gasteiger partial charge in [-0.1, -0.05) is 50.1 Å². The first-order valence-electron chi connectivity index (χ1n) is 12.6. The van der Waals surface area contributed by atoms with Crippen molar-refractivity contribution in [3.63, 3.8) is 0 Å². The number of amides is 2. The molecule has 2 aromatic rings. The fourth-order valence-corrected chi connectivity index (χ4v) is 4.12. The highest BCUT2D eigenvalue weighted by Crippen LogP contribution is 2.11. The van der Waals surface area contributed by atoms with Crippen LogP contribution in [0.15, 0.2) is 53.1 Å². The zero-order chi connectivity index (χ0) is 24.0. The van der Waals surface area contributed by atoms with Crippen LogP contribution in [0.25, 0.3) is 0 Å². The number of nitrogens with zero attached hydrogens (tertiary/aromatic N) is 3. The maximum absolute atomic E-state index is 13.4. The summed E-state index contributed by atoms with van der Waals surface area (Å²) in [6, 6.07) is 13.9. The lowest BCUT2D eigenvalue weighted by molar-refractivity contribution is -0.141. The van der Waals surface area contributed by atoms with Crippen LogP contribution in [0, 0.1) is 0 Å². The molecule has 34 heavy (non-hydrogen) atoms. The van der Waals surface area contributed by atoms with Gasteiger partial charge in [0, 0.05) is 39.1 Å². The highest BCUT2D eigenvalue weighted by molar-refractivity contribution is 5.84. The van der Waals surface area contributed by atoms with E-state index in [2.05, 4.69) is 24.0 Å². The summed E-state index contributed by atoms with van der Waals surface area (Å²) in [5.74, 6) is 0.768. The fourth-order valence-electron chi connectivity index (χ4n) is 4.12. The highest BCUT2D eigenvalue weighted by Gasteiger charge is 2.23. The van der Waals surface area contributed by atoms with E-state index in [1.807, 2.05) is 35.2 Å². The molecule has 2 heterocycles. The van der Waals surface area contributed by atoms with Gasteiger partial charge in [0.05, 0.1) is 32.6 Å². The van der Waals surface area contributed by atoms with Crippen molar-refractivity contribution in [2.24, 2.45) is 0 Å². The van der Waals surface area contributed by atoms with Gasteiger partial charge >= 0.3 is 0 Å². The van der Waals surface area contributed by atoms with E-state index in [0.29, 0.717) is 26.1 Å². The summed E-state index contributed by atoms with van der Waals surface area (Å²) in [5, 5.41) is 0. The Hall–Kier alpha value is -2.64. The Balaban J connectivity index is 1.64. The van der Waals surface area contributed by atoms with Gasteiger partial charge in [-0.05, 0) is 30.5 Å². The molecule has 7 heteroatoms. The van der Waals surface area contributed by atoms with E-state index in [4.69, 9.17) is 9.15 Å². The van der Waals surface area contributed by atoms with Crippen molar-refractivity contribution in [2.75, 3.05) is 52.5 Å². The third kappa shape index (κ3) is 8.95. The zero-order valence-corrected chi connectivity index (χ0v) is 20.5. The molecule has 3 rings (SSSR count). The number of benzene rings is 1. The molecule has 0 aliphatic carbocycles. The Morgan fingerprint density at radius 2 is 1.74 bits per heavy atom. The second kappa shape index (κ2) is 14.6. The smallest absolute Gasteiger partial charge is 0.242 e. The van der Waals surface area contributed by atoms with Crippen LogP contribution in [-0.4, -0.2) is 79.0 Å². The minimum Gasteiger partial charge on any atom is -0.467 e. The molecule has 7 nitrogen and oxygen atoms in total. The van der Waals surface area contributed by atoms with E-state index in [1.54, 1.807) is 11.2 Å². The lowest BCUT2D eigenvalue weighted by Gasteiger charge is -2.31. The van der Waals surface area contributed by atoms with Crippen molar-refractivity contribution in [3.05, 3.63) is 60.1 Å². The van der Waals surface area contributed by atoms with Crippen LogP contribution in [0.4, 0.5) is 0 Å². The van der Waals surface area contributed by atoms with Gasteiger partial charge in [0.25, 0.3) is 0 Å². The van der Waals surface area contributed by atoms with Crippen LogP contribution in [0.3, 0.4) is 0 Å². The molecule has 1 aliphatic rings. The van der Waals surface area contributed by atoms with Crippen LogP contribution in [-0.2, 0) is 27.3 Å². The quantitative estimate of drug-likeness (QED) is 0.396. The number of furan rings is 1. The largest absolute Gasteiger partial charge is 0.467 e. The first-order valence-corrected chi connectivity index (χ1v) is 12.6. The number of hydrogen-bond acceptors (Lipinski definition) is 5. The highest BCUT2D eigenvalue weighted by atomic mass is 16.5. The normalized spacial score (nSPS) is 14.1. The van der Waals surface area contributed by atoms with E-state index in [1.165, 1.54) is 5.56 Å². The van der Waals surface area contributed by atoms with Gasteiger partial charge < -0.3 is 19.0 Å². The van der Waals surface area contributed by atoms with Crippen LogP contribution in [0.1, 0.15) is 43.9 Å². The van der Waals surface area contributed by atoms with E-state index in [0.717, 1.165) is 64.3 Å². The number of carbonyl (C=O) groups is 2. The van der Waals surface area contributed by atoms with Gasteiger partial charge in [-0.25, -0.2) is 0 Å². The molecule has 0 spiro atoms. The second-order valence-electron chi connectivity index (χ2n) is 8.86.